The molecule has 1 saturated heterocycles. The van der Waals surface area contributed by atoms with Crippen molar-refractivity contribution in [1.82, 2.24) is 24.3 Å². The van der Waals surface area contributed by atoms with Crippen molar-refractivity contribution < 1.29 is 9.47 Å². The van der Waals surface area contributed by atoms with Gasteiger partial charge in [0.05, 0.1) is 29.8 Å². The summed E-state index contributed by atoms with van der Waals surface area (Å²) >= 11 is 13.3. The maximum Gasteiger partial charge on any atom is 0.260 e. The van der Waals surface area contributed by atoms with E-state index in [0.29, 0.717) is 58.7 Å². The zero-order valence-corrected chi connectivity index (χ0v) is 25.6. The Hall–Kier alpha value is -3.27. The number of hydrogen-bond donors (Lipinski definition) is 1. The Balaban J connectivity index is 0.00000141. The lowest BCUT2D eigenvalue weighted by Gasteiger charge is -2.45. The second kappa shape index (κ2) is 13.9. The van der Waals surface area contributed by atoms with Crippen molar-refractivity contribution in [3.8, 4) is 22.6 Å². The summed E-state index contributed by atoms with van der Waals surface area (Å²) in [5.41, 5.74) is 1.79. The number of allylic oxidation sites excluding steroid dienone is 1. The first kappa shape index (κ1) is 31.3. The largest absolute Gasteiger partial charge is 0.495 e. The standard InChI is InChI=1S/C26H30Cl2N6O3.C3H8/c1-7-15(2)33-13-17(14-33)32(4)8-9-34-24-16(12-30-26(29-3)31-24)10-18(25(34)35)21-22(27)19(36-5)11-20(37-6)23(21)28;1-3-2/h7,10-12,17H,1-2,8-9,13-14H2,3-6H3,(H,29,30,31);3H2,1-2H3. The fourth-order valence-corrected chi connectivity index (χ4v) is 5.03. The first-order chi connectivity index (χ1) is 19.1. The molecule has 1 aliphatic heterocycles. The summed E-state index contributed by atoms with van der Waals surface area (Å²) in [6.07, 6.45) is 4.68. The maximum absolute atomic E-state index is 14.0. The highest BCUT2D eigenvalue weighted by Crippen LogP contribution is 2.45. The van der Waals surface area contributed by atoms with Crippen molar-refractivity contribution >= 4 is 40.2 Å². The van der Waals surface area contributed by atoms with Crippen molar-refractivity contribution in [3.63, 3.8) is 0 Å². The average molecular weight is 590 g/mol. The van der Waals surface area contributed by atoms with Crippen molar-refractivity contribution in [3.05, 3.63) is 63.7 Å². The van der Waals surface area contributed by atoms with Crippen LogP contribution in [0.2, 0.25) is 10.0 Å². The summed E-state index contributed by atoms with van der Waals surface area (Å²) in [5.74, 6) is 1.11. The van der Waals surface area contributed by atoms with Crippen LogP contribution in [-0.2, 0) is 6.54 Å². The van der Waals surface area contributed by atoms with E-state index in [1.54, 1.807) is 36.0 Å². The third kappa shape index (κ3) is 6.37. The van der Waals surface area contributed by atoms with Crippen LogP contribution in [0.15, 0.2) is 48.1 Å². The Kier molecular flexibility index (Phi) is 10.8. The molecule has 1 N–H and O–H groups in total. The van der Waals surface area contributed by atoms with E-state index in [-0.39, 0.29) is 15.6 Å². The van der Waals surface area contributed by atoms with Gasteiger partial charge in [-0.3, -0.25) is 14.3 Å². The smallest absolute Gasteiger partial charge is 0.260 e. The minimum absolute atomic E-state index is 0.221. The third-order valence-electron chi connectivity index (χ3n) is 6.70. The number of halogens is 2. The van der Waals surface area contributed by atoms with Gasteiger partial charge in [-0.15, -0.1) is 0 Å². The number of nitrogens with zero attached hydrogens (tertiary/aromatic N) is 5. The molecule has 3 aromatic rings. The minimum Gasteiger partial charge on any atom is -0.495 e. The van der Waals surface area contributed by atoms with Crippen LogP contribution in [0.3, 0.4) is 0 Å². The molecular formula is C29H38Cl2N6O3. The highest BCUT2D eigenvalue weighted by atomic mass is 35.5. The summed E-state index contributed by atoms with van der Waals surface area (Å²) in [6.45, 7) is 14.8. The molecular weight excluding hydrogens is 551 g/mol. The van der Waals surface area contributed by atoms with Gasteiger partial charge < -0.3 is 19.7 Å². The normalized spacial score (nSPS) is 13.0. The molecule has 3 heterocycles. The Morgan fingerprint density at radius 1 is 1.20 bits per heavy atom. The average Bonchev–Trinajstić information content (AvgIpc) is 2.92. The highest BCUT2D eigenvalue weighted by molar-refractivity contribution is 6.41. The SMILES string of the molecule is C=CC(=C)N1CC(N(C)CCn2c(=O)c(-c3c(Cl)c(OC)cc(OC)c3Cl)cc3cnc(NC)nc32)C1.CCC. The number of benzene rings is 1. The van der Waals surface area contributed by atoms with Crippen LogP contribution in [0.25, 0.3) is 22.2 Å². The molecule has 0 amide bonds. The minimum atomic E-state index is -0.281. The zero-order chi connectivity index (χ0) is 29.6. The van der Waals surface area contributed by atoms with Gasteiger partial charge in [0.1, 0.15) is 17.1 Å². The summed E-state index contributed by atoms with van der Waals surface area (Å²) in [6, 6.07) is 3.64. The van der Waals surface area contributed by atoms with Crippen LogP contribution in [-0.4, -0.2) is 78.3 Å². The van der Waals surface area contributed by atoms with E-state index in [2.05, 4.69) is 52.1 Å². The summed E-state index contributed by atoms with van der Waals surface area (Å²) in [4.78, 5) is 27.3. The van der Waals surface area contributed by atoms with Crippen molar-refractivity contribution in [2.24, 2.45) is 0 Å². The molecule has 1 aromatic carbocycles. The molecule has 0 spiro atoms. The number of anilines is 1. The second-order valence-corrected chi connectivity index (χ2v) is 10.2. The number of methoxy groups -OCH3 is 2. The quantitative estimate of drug-likeness (QED) is 0.308. The number of aromatic nitrogens is 3. The maximum atomic E-state index is 14.0. The second-order valence-electron chi connectivity index (χ2n) is 9.46. The molecule has 1 fully saturated rings. The zero-order valence-electron chi connectivity index (χ0n) is 24.1. The van der Waals surface area contributed by atoms with Gasteiger partial charge in [0.25, 0.3) is 5.56 Å². The summed E-state index contributed by atoms with van der Waals surface area (Å²) in [5, 5.41) is 4.05. The van der Waals surface area contributed by atoms with Crippen LogP contribution in [0.4, 0.5) is 5.95 Å². The molecule has 0 unspecified atom stereocenters. The van der Waals surface area contributed by atoms with E-state index >= 15 is 0 Å². The lowest BCUT2D eigenvalue weighted by Crippen LogP contribution is -2.57. The molecule has 216 valence electrons. The van der Waals surface area contributed by atoms with Gasteiger partial charge in [-0.2, -0.15) is 4.98 Å². The molecule has 0 radical (unpaired) electrons. The Morgan fingerprint density at radius 3 is 2.33 bits per heavy atom. The first-order valence-corrected chi connectivity index (χ1v) is 13.9. The van der Waals surface area contributed by atoms with E-state index in [1.165, 1.54) is 20.6 Å². The van der Waals surface area contributed by atoms with Crippen molar-refractivity contribution in [2.75, 3.05) is 53.3 Å². The monoisotopic (exact) mass is 588 g/mol. The van der Waals surface area contributed by atoms with Gasteiger partial charge in [0.2, 0.25) is 5.95 Å². The van der Waals surface area contributed by atoms with Gasteiger partial charge in [-0.25, -0.2) is 4.98 Å². The number of likely N-dealkylation sites (tertiary alicyclic amines) is 1. The van der Waals surface area contributed by atoms with E-state index in [1.807, 2.05) is 7.05 Å². The summed E-state index contributed by atoms with van der Waals surface area (Å²) in [7, 11) is 6.76. The Labute approximate surface area is 246 Å². The molecule has 0 aliphatic carbocycles. The molecule has 9 nitrogen and oxygen atoms in total. The van der Waals surface area contributed by atoms with Gasteiger partial charge in [0, 0.05) is 68.2 Å². The number of rotatable bonds is 10. The van der Waals surface area contributed by atoms with Gasteiger partial charge in [-0.1, -0.05) is 56.6 Å². The molecule has 1 aliphatic rings. The van der Waals surface area contributed by atoms with Crippen LogP contribution in [0.1, 0.15) is 20.3 Å². The fraction of sp³-hybridized carbons (Fsp3) is 0.414. The number of ether oxygens (including phenoxy) is 2. The van der Waals surface area contributed by atoms with Crippen LogP contribution < -0.4 is 20.3 Å². The Bertz CT molecular complexity index is 1410. The third-order valence-corrected chi connectivity index (χ3v) is 7.45. The molecule has 0 atom stereocenters. The topological polar surface area (TPSA) is 84.8 Å². The molecule has 2 aromatic heterocycles. The van der Waals surface area contributed by atoms with Crippen LogP contribution in [0, 0.1) is 0 Å². The van der Waals surface area contributed by atoms with Gasteiger partial charge >= 0.3 is 0 Å². The first-order valence-electron chi connectivity index (χ1n) is 13.1. The van der Waals surface area contributed by atoms with Crippen molar-refractivity contribution in [1.29, 1.82) is 0 Å². The number of likely N-dealkylation sites (N-methyl/N-ethyl adjacent to an activating group) is 1. The van der Waals surface area contributed by atoms with E-state index in [4.69, 9.17) is 32.7 Å². The molecule has 40 heavy (non-hydrogen) atoms. The van der Waals surface area contributed by atoms with Gasteiger partial charge in [0.15, 0.2) is 0 Å². The predicted molar refractivity (Wildman–Crippen MR) is 165 cm³/mol. The molecule has 0 saturated carbocycles. The molecule has 4 rings (SSSR count). The fourth-order valence-electron chi connectivity index (χ4n) is 4.33. The van der Waals surface area contributed by atoms with E-state index < -0.39 is 0 Å². The van der Waals surface area contributed by atoms with Crippen molar-refractivity contribution in [2.45, 2.75) is 32.9 Å². The molecule has 11 heteroatoms. The number of fused-ring (bicyclic) bond motifs is 1. The Morgan fingerprint density at radius 2 is 1.80 bits per heavy atom. The van der Waals surface area contributed by atoms with E-state index in [9.17, 15) is 4.79 Å². The highest BCUT2D eigenvalue weighted by Gasteiger charge is 2.30. The summed E-state index contributed by atoms with van der Waals surface area (Å²) < 4.78 is 12.5. The lowest BCUT2D eigenvalue weighted by atomic mass is 10.0. The number of nitrogens with one attached hydrogen (secondary N) is 1. The van der Waals surface area contributed by atoms with Crippen LogP contribution >= 0.6 is 23.2 Å². The molecule has 0 bridgehead atoms. The number of pyridine rings is 1. The lowest BCUT2D eigenvalue weighted by molar-refractivity contribution is 0.0775. The van der Waals surface area contributed by atoms with Gasteiger partial charge in [-0.05, 0) is 19.2 Å². The van der Waals surface area contributed by atoms with E-state index in [0.717, 1.165) is 18.8 Å². The predicted octanol–water partition coefficient (Wildman–Crippen LogP) is 5.56. The van der Waals surface area contributed by atoms with Crippen LogP contribution in [0.5, 0.6) is 11.5 Å². The number of hydrogen-bond acceptors (Lipinski definition) is 8.